The van der Waals surface area contributed by atoms with Gasteiger partial charge in [0.05, 0.1) is 0 Å². The summed E-state index contributed by atoms with van der Waals surface area (Å²) in [4.78, 5) is 12.6. The van der Waals surface area contributed by atoms with E-state index in [9.17, 15) is 4.79 Å². The van der Waals surface area contributed by atoms with Gasteiger partial charge in [0.2, 0.25) is 0 Å². The van der Waals surface area contributed by atoms with Gasteiger partial charge in [-0.2, -0.15) is 0 Å². The predicted octanol–water partition coefficient (Wildman–Crippen LogP) is 3.93. The van der Waals surface area contributed by atoms with E-state index >= 15 is 0 Å². The molecule has 0 aromatic heterocycles. The minimum atomic E-state index is -0.144. The number of benzene rings is 1. The molecule has 0 fully saturated rings. The maximum atomic E-state index is 12.4. The van der Waals surface area contributed by atoms with Crippen LogP contribution >= 0.6 is 0 Å². The zero-order chi connectivity index (χ0) is 15.1. The van der Waals surface area contributed by atoms with E-state index in [2.05, 4.69) is 30.9 Å². The van der Waals surface area contributed by atoms with Gasteiger partial charge < -0.3 is 0 Å². The molecule has 110 valence electrons. The van der Waals surface area contributed by atoms with Crippen LogP contribution in [-0.2, 0) is 9.53 Å². The zero-order valence-electron chi connectivity index (χ0n) is 12.1. The number of allylic oxidation sites excluding steroid dienone is 5. The number of hydrogen-bond donors (Lipinski definition) is 0. The Balaban J connectivity index is 2.23. The summed E-state index contributed by atoms with van der Waals surface area (Å²) in [7, 11) is 0. The molecule has 1 aliphatic rings. The molecule has 0 saturated carbocycles. The van der Waals surface area contributed by atoms with Gasteiger partial charge in [-0.25, -0.2) is 0 Å². The van der Waals surface area contributed by atoms with Crippen molar-refractivity contribution >= 4 is 20.9 Å². The van der Waals surface area contributed by atoms with Crippen LogP contribution in [0.3, 0.4) is 0 Å². The van der Waals surface area contributed by atoms with Crippen molar-refractivity contribution in [3.8, 4) is 0 Å². The van der Waals surface area contributed by atoms with Gasteiger partial charge in [-0.05, 0) is 0 Å². The number of hydrogen-bond acceptors (Lipinski definition) is 2. The first-order valence-corrected chi connectivity index (χ1v) is 9.08. The minimum absolute atomic E-state index is 0.00708. The number of rotatable bonds is 7. The third-order valence-corrected chi connectivity index (χ3v) is 6.25. The average molecular weight is 347 g/mol. The van der Waals surface area contributed by atoms with Gasteiger partial charge >= 0.3 is 132 Å². The molecule has 0 amide bonds. The third kappa shape index (κ3) is 4.20. The van der Waals surface area contributed by atoms with Crippen molar-refractivity contribution in [1.29, 1.82) is 0 Å². The molecule has 1 aromatic rings. The Kier molecular flexibility index (Phi) is 6.03. The van der Waals surface area contributed by atoms with Crippen molar-refractivity contribution in [2.75, 3.05) is 6.61 Å². The molecule has 0 saturated heterocycles. The Morgan fingerprint density at radius 2 is 2.00 bits per heavy atom. The Morgan fingerprint density at radius 3 is 2.57 bits per heavy atom. The Morgan fingerprint density at radius 1 is 1.33 bits per heavy atom. The van der Waals surface area contributed by atoms with Gasteiger partial charge in [-0.15, -0.1) is 0 Å². The van der Waals surface area contributed by atoms with E-state index in [1.807, 2.05) is 43.4 Å². The molecule has 2 atom stereocenters. The van der Waals surface area contributed by atoms with Crippen molar-refractivity contribution in [1.82, 2.24) is 0 Å². The summed E-state index contributed by atoms with van der Waals surface area (Å²) in [5, 5.41) is 0. The molecule has 2 nitrogen and oxygen atoms in total. The summed E-state index contributed by atoms with van der Waals surface area (Å²) in [6, 6.07) is 10.1. The van der Waals surface area contributed by atoms with E-state index in [1.54, 1.807) is 0 Å². The van der Waals surface area contributed by atoms with Crippen LogP contribution < -0.4 is 0 Å². The molecule has 0 heterocycles. The quantitative estimate of drug-likeness (QED) is 0.424. The number of carbonyl (C=O) groups is 1. The first kappa shape index (κ1) is 15.8. The Labute approximate surface area is 132 Å². The summed E-state index contributed by atoms with van der Waals surface area (Å²) in [6.07, 6.45) is 10.3. The summed E-state index contributed by atoms with van der Waals surface area (Å²) in [5.74, 6) is -0.104. The molecule has 21 heavy (non-hydrogen) atoms. The van der Waals surface area contributed by atoms with Crippen LogP contribution in [0.5, 0.6) is 0 Å². The van der Waals surface area contributed by atoms with Crippen molar-refractivity contribution < 1.29 is 9.53 Å². The number of ether oxygens (including phenoxy) is 1. The second-order valence-electron chi connectivity index (χ2n) is 4.72. The molecule has 1 aromatic carbocycles. The van der Waals surface area contributed by atoms with Crippen molar-refractivity contribution in [3.63, 3.8) is 0 Å². The second kappa shape index (κ2) is 8.02. The first-order chi connectivity index (χ1) is 10.3. The molecule has 0 aliphatic heterocycles. The molecule has 0 bridgehead atoms. The van der Waals surface area contributed by atoms with Crippen LogP contribution in [0.2, 0.25) is 9.63 Å². The van der Waals surface area contributed by atoms with Gasteiger partial charge in [-0.1, -0.05) is 0 Å². The third-order valence-electron chi connectivity index (χ3n) is 3.30. The summed E-state index contributed by atoms with van der Waals surface area (Å²) >= 11 is 0.102. The first-order valence-electron chi connectivity index (χ1n) is 7.11. The van der Waals surface area contributed by atoms with Gasteiger partial charge in [0.25, 0.3) is 0 Å². The summed E-state index contributed by atoms with van der Waals surface area (Å²) in [6.45, 7) is 6.21. The molecule has 2 unspecified atom stereocenters. The van der Waals surface area contributed by atoms with Gasteiger partial charge in [0.15, 0.2) is 0 Å². The Bertz CT molecular complexity index is 521. The van der Waals surface area contributed by atoms with Gasteiger partial charge in [-0.3, -0.25) is 0 Å². The fourth-order valence-corrected chi connectivity index (χ4v) is 5.06. The van der Waals surface area contributed by atoms with Crippen LogP contribution in [0.4, 0.5) is 0 Å². The monoisotopic (exact) mass is 348 g/mol. The molecule has 2 rings (SSSR count). The number of carbonyl (C=O) groups excluding carboxylic acids is 1. The fourth-order valence-electron chi connectivity index (χ4n) is 2.29. The van der Waals surface area contributed by atoms with Crippen molar-refractivity contribution in [3.05, 3.63) is 72.9 Å². The van der Waals surface area contributed by atoms with E-state index in [0.717, 1.165) is 5.56 Å². The van der Waals surface area contributed by atoms with Crippen LogP contribution in [0.15, 0.2) is 67.3 Å². The van der Waals surface area contributed by atoms with Crippen molar-refractivity contribution in [2.45, 2.75) is 22.5 Å². The van der Waals surface area contributed by atoms with E-state index in [-0.39, 0.29) is 31.7 Å². The number of esters is 1. The van der Waals surface area contributed by atoms with Gasteiger partial charge in [0.1, 0.15) is 0 Å². The van der Waals surface area contributed by atoms with Crippen LogP contribution in [0.25, 0.3) is 0 Å². The standard InChI is InChI=1S/C18H20O2Se/c1-3-16(14-10-6-5-7-11-14)17(18(19)20-4-2)21-15-12-8-9-13-15/h3,5-13,15-17H,1,4H2,2H3. The molecular formula is C18H20O2Se. The zero-order valence-corrected chi connectivity index (χ0v) is 13.9. The van der Waals surface area contributed by atoms with Crippen LogP contribution in [0, 0.1) is 0 Å². The van der Waals surface area contributed by atoms with E-state index in [1.165, 1.54) is 0 Å². The predicted molar refractivity (Wildman–Crippen MR) is 87.5 cm³/mol. The Hall–Kier alpha value is -1.57. The molecular weight excluding hydrogens is 327 g/mol. The second-order valence-corrected chi connectivity index (χ2v) is 7.49. The topological polar surface area (TPSA) is 26.3 Å². The van der Waals surface area contributed by atoms with E-state index < -0.39 is 0 Å². The average Bonchev–Trinajstić information content (AvgIpc) is 3.01. The summed E-state index contributed by atoms with van der Waals surface area (Å²) in [5.41, 5.74) is 1.12. The SMILES string of the molecule is C=CC(c1ccccc1)C([Se]C1C=CC=C1)C(=O)OCC. The van der Waals surface area contributed by atoms with E-state index in [0.29, 0.717) is 11.4 Å². The summed E-state index contributed by atoms with van der Waals surface area (Å²) < 4.78 is 5.30. The molecule has 0 spiro atoms. The van der Waals surface area contributed by atoms with E-state index in [4.69, 9.17) is 4.74 Å². The van der Waals surface area contributed by atoms with Crippen LogP contribution in [0.1, 0.15) is 18.4 Å². The molecule has 0 N–H and O–H groups in total. The molecule has 3 heteroatoms. The fraction of sp³-hybridized carbons (Fsp3) is 0.278. The van der Waals surface area contributed by atoms with Crippen LogP contribution in [-0.4, -0.2) is 27.5 Å². The van der Waals surface area contributed by atoms with Crippen molar-refractivity contribution in [2.24, 2.45) is 0 Å². The van der Waals surface area contributed by atoms with Gasteiger partial charge in [0, 0.05) is 0 Å². The molecule has 0 radical (unpaired) electrons. The molecule has 1 aliphatic carbocycles. The maximum absolute atomic E-state index is 12.4. The normalized spacial score (nSPS) is 16.6.